The van der Waals surface area contributed by atoms with Crippen LogP contribution >= 0.6 is 11.6 Å². The lowest BCUT2D eigenvalue weighted by atomic mass is 9.95. The molecular weight excluding hydrogens is 470 g/mol. The topological polar surface area (TPSA) is 100 Å². The van der Waals surface area contributed by atoms with Crippen molar-refractivity contribution in [2.24, 2.45) is 5.92 Å². The fraction of sp³-hybridized carbons (Fsp3) is 0.308. The number of nitrogens with two attached hydrogens (primary N) is 1. The van der Waals surface area contributed by atoms with Gasteiger partial charge < -0.3 is 29.3 Å². The number of hydrogen-bond acceptors (Lipinski definition) is 8. The molecule has 2 aromatic carbocycles. The Balaban J connectivity index is 1.34. The van der Waals surface area contributed by atoms with E-state index in [-0.39, 0.29) is 34.0 Å². The number of benzene rings is 2. The van der Waals surface area contributed by atoms with Crippen molar-refractivity contribution >= 4 is 45.2 Å². The number of fused-ring (bicyclic) bond motifs is 2. The predicted octanol–water partition coefficient (Wildman–Crippen LogP) is 5.20. The maximum Gasteiger partial charge on any atom is 0.220 e. The zero-order valence-corrected chi connectivity index (χ0v) is 20.2. The Labute approximate surface area is 207 Å². The quantitative estimate of drug-likeness (QED) is 0.287. The maximum atomic E-state index is 12.9. The third kappa shape index (κ3) is 4.52. The van der Waals surface area contributed by atoms with Crippen LogP contribution in [0.5, 0.6) is 11.5 Å². The molecule has 0 unspecified atom stereocenters. The molecule has 0 radical (unpaired) electrons. The molecule has 0 saturated carbocycles. The lowest BCUT2D eigenvalue weighted by Crippen LogP contribution is -2.39. The number of ether oxygens (including phenoxy) is 3. The van der Waals surface area contributed by atoms with Crippen molar-refractivity contribution in [2.45, 2.75) is 19.1 Å². The maximum absolute atomic E-state index is 12.9. The van der Waals surface area contributed by atoms with E-state index in [1.807, 2.05) is 24.3 Å². The summed E-state index contributed by atoms with van der Waals surface area (Å²) >= 11 is 6.19. The molecular formula is C26H26ClN3O5. The number of methoxy groups -OCH3 is 2. The number of pyridine rings is 1. The zero-order chi connectivity index (χ0) is 24.5. The number of nitrogens with zero attached hydrogens (tertiary/aromatic N) is 2. The van der Waals surface area contributed by atoms with Gasteiger partial charge in [-0.1, -0.05) is 17.7 Å². The van der Waals surface area contributed by atoms with Crippen LogP contribution in [0.1, 0.15) is 12.8 Å². The summed E-state index contributed by atoms with van der Waals surface area (Å²) in [6.07, 6.45) is 1.83. The molecule has 4 aromatic rings. The second-order valence-electron chi connectivity index (χ2n) is 8.52. The van der Waals surface area contributed by atoms with Gasteiger partial charge in [0.2, 0.25) is 5.43 Å². The summed E-state index contributed by atoms with van der Waals surface area (Å²) in [5.41, 5.74) is 7.66. The summed E-state index contributed by atoms with van der Waals surface area (Å²) < 4.78 is 22.7. The van der Waals surface area contributed by atoms with Crippen LogP contribution < -0.4 is 20.8 Å². The minimum Gasteiger partial charge on any atom is -0.454 e. The summed E-state index contributed by atoms with van der Waals surface area (Å²) in [6.45, 7) is 1.85. The molecule has 0 amide bonds. The molecule has 35 heavy (non-hydrogen) atoms. The Kier molecular flexibility index (Phi) is 6.51. The van der Waals surface area contributed by atoms with Gasteiger partial charge in [-0.05, 0) is 49.2 Å². The SMILES string of the molecule is COC(OC)C1CCN(c2ccc(Oc3cc4oc5cccc(Cl)c5c(=O)c4nc3N)cc2)CC1. The third-order valence-corrected chi connectivity index (χ3v) is 6.75. The molecule has 8 nitrogen and oxygen atoms in total. The summed E-state index contributed by atoms with van der Waals surface area (Å²) in [4.78, 5) is 19.5. The van der Waals surface area contributed by atoms with E-state index in [0.717, 1.165) is 31.6 Å². The van der Waals surface area contributed by atoms with Crippen LogP contribution in [0, 0.1) is 5.92 Å². The van der Waals surface area contributed by atoms with E-state index in [4.69, 9.17) is 36.0 Å². The van der Waals surface area contributed by atoms with Gasteiger partial charge in [0, 0.05) is 45.0 Å². The molecule has 1 saturated heterocycles. The van der Waals surface area contributed by atoms with Crippen LogP contribution in [0.2, 0.25) is 5.02 Å². The number of aromatic nitrogens is 1. The number of piperidine rings is 1. The fourth-order valence-corrected chi connectivity index (χ4v) is 4.88. The van der Waals surface area contributed by atoms with Crippen LogP contribution in [0.25, 0.3) is 22.1 Å². The molecule has 0 bridgehead atoms. The van der Waals surface area contributed by atoms with E-state index in [1.54, 1.807) is 38.5 Å². The van der Waals surface area contributed by atoms with Crippen molar-refractivity contribution in [3.63, 3.8) is 0 Å². The largest absolute Gasteiger partial charge is 0.454 e. The van der Waals surface area contributed by atoms with Crippen LogP contribution in [-0.4, -0.2) is 38.6 Å². The lowest BCUT2D eigenvalue weighted by Gasteiger charge is -2.36. The molecule has 182 valence electrons. The summed E-state index contributed by atoms with van der Waals surface area (Å²) in [7, 11) is 3.37. The first-order valence-electron chi connectivity index (χ1n) is 11.4. The number of hydrogen-bond donors (Lipinski definition) is 1. The molecule has 9 heteroatoms. The number of nitrogen functional groups attached to an aromatic ring is 1. The Bertz CT molecular complexity index is 1410. The standard InChI is InChI=1S/C26H26ClN3O5/c1-32-26(33-2)15-10-12-30(13-11-15)16-6-8-17(9-7-16)34-21-14-20-23(29-25(21)28)24(31)22-18(27)4-3-5-19(22)35-20/h3-9,14-15,26H,10-13H2,1-2H3,(H2,28,29). The molecule has 2 N–H and O–H groups in total. The highest BCUT2D eigenvalue weighted by Gasteiger charge is 2.26. The van der Waals surface area contributed by atoms with Gasteiger partial charge in [-0.3, -0.25) is 4.79 Å². The highest BCUT2D eigenvalue weighted by molar-refractivity contribution is 6.35. The minimum atomic E-state index is -0.333. The van der Waals surface area contributed by atoms with Gasteiger partial charge in [-0.2, -0.15) is 0 Å². The second-order valence-corrected chi connectivity index (χ2v) is 8.93. The third-order valence-electron chi connectivity index (χ3n) is 6.44. The molecule has 0 atom stereocenters. The Morgan fingerprint density at radius 2 is 1.80 bits per heavy atom. The van der Waals surface area contributed by atoms with Crippen molar-refractivity contribution in [1.82, 2.24) is 4.98 Å². The van der Waals surface area contributed by atoms with Crippen LogP contribution in [0.4, 0.5) is 11.5 Å². The summed E-state index contributed by atoms with van der Waals surface area (Å²) in [5, 5.41) is 0.585. The van der Waals surface area contributed by atoms with Crippen molar-refractivity contribution in [3.05, 3.63) is 63.8 Å². The smallest absolute Gasteiger partial charge is 0.220 e. The first kappa shape index (κ1) is 23.4. The number of halogens is 1. The minimum absolute atomic E-state index is 0.0909. The van der Waals surface area contributed by atoms with Crippen LogP contribution in [-0.2, 0) is 9.47 Å². The van der Waals surface area contributed by atoms with E-state index >= 15 is 0 Å². The number of rotatable bonds is 6. The molecule has 1 aliphatic rings. The first-order valence-corrected chi connectivity index (χ1v) is 11.8. The Hall–Kier alpha value is -3.33. The van der Waals surface area contributed by atoms with Gasteiger partial charge in [0.15, 0.2) is 29.0 Å². The molecule has 1 aliphatic heterocycles. The fourth-order valence-electron chi connectivity index (χ4n) is 4.62. The van der Waals surface area contributed by atoms with Gasteiger partial charge in [-0.25, -0.2) is 4.98 Å². The predicted molar refractivity (Wildman–Crippen MR) is 136 cm³/mol. The molecule has 2 aromatic heterocycles. The van der Waals surface area contributed by atoms with Crippen molar-refractivity contribution in [1.29, 1.82) is 0 Å². The van der Waals surface area contributed by atoms with Gasteiger partial charge in [0.05, 0.1) is 10.4 Å². The zero-order valence-electron chi connectivity index (χ0n) is 19.5. The van der Waals surface area contributed by atoms with Crippen molar-refractivity contribution < 1.29 is 18.6 Å². The summed E-state index contributed by atoms with van der Waals surface area (Å²) in [6, 6.07) is 14.4. The molecule has 1 fully saturated rings. The first-order chi connectivity index (χ1) is 17.0. The second kappa shape index (κ2) is 9.73. The normalized spacial score (nSPS) is 14.8. The Morgan fingerprint density at radius 3 is 2.49 bits per heavy atom. The van der Waals surface area contributed by atoms with E-state index < -0.39 is 0 Å². The van der Waals surface area contributed by atoms with E-state index in [0.29, 0.717) is 28.0 Å². The molecule has 0 aliphatic carbocycles. The van der Waals surface area contributed by atoms with E-state index in [1.165, 1.54) is 0 Å². The average Bonchev–Trinajstić information content (AvgIpc) is 2.87. The lowest BCUT2D eigenvalue weighted by molar-refractivity contribution is -0.141. The van der Waals surface area contributed by atoms with Gasteiger partial charge in [-0.15, -0.1) is 0 Å². The van der Waals surface area contributed by atoms with Crippen LogP contribution in [0.3, 0.4) is 0 Å². The monoisotopic (exact) mass is 495 g/mol. The van der Waals surface area contributed by atoms with Gasteiger partial charge >= 0.3 is 0 Å². The average molecular weight is 496 g/mol. The molecule has 0 spiro atoms. The summed E-state index contributed by atoms with van der Waals surface area (Å²) in [5.74, 6) is 1.39. The van der Waals surface area contributed by atoms with Gasteiger partial charge in [0.25, 0.3) is 0 Å². The Morgan fingerprint density at radius 1 is 1.09 bits per heavy atom. The van der Waals surface area contributed by atoms with E-state index in [2.05, 4.69) is 9.88 Å². The van der Waals surface area contributed by atoms with Crippen molar-refractivity contribution in [3.8, 4) is 11.5 Å². The van der Waals surface area contributed by atoms with Gasteiger partial charge in [0.1, 0.15) is 11.3 Å². The highest BCUT2D eigenvalue weighted by Crippen LogP contribution is 2.33. The molecule has 3 heterocycles. The van der Waals surface area contributed by atoms with Crippen LogP contribution in [0.15, 0.2) is 57.7 Å². The number of anilines is 2. The van der Waals surface area contributed by atoms with E-state index in [9.17, 15) is 4.79 Å². The molecule has 5 rings (SSSR count). The van der Waals surface area contributed by atoms with Crippen molar-refractivity contribution in [2.75, 3.05) is 37.9 Å². The highest BCUT2D eigenvalue weighted by atomic mass is 35.5.